The van der Waals surface area contributed by atoms with Crippen molar-refractivity contribution in [2.24, 2.45) is 5.73 Å². The van der Waals surface area contributed by atoms with E-state index in [-0.39, 0.29) is 11.4 Å². The van der Waals surface area contributed by atoms with Gasteiger partial charge in [-0.1, -0.05) is 12.1 Å². The van der Waals surface area contributed by atoms with E-state index >= 15 is 0 Å². The molecule has 1 amide bonds. The minimum Gasteiger partial charge on any atom is -0.465 e. The average Bonchev–Trinajstić information content (AvgIpc) is 3.52. The van der Waals surface area contributed by atoms with Gasteiger partial charge >= 0.3 is 5.97 Å². The fourth-order valence-electron chi connectivity index (χ4n) is 3.04. The highest BCUT2D eigenvalue weighted by Gasteiger charge is 2.39. The molecule has 0 atom stereocenters. The van der Waals surface area contributed by atoms with Crippen LogP contribution in [0.15, 0.2) is 60.9 Å². The summed E-state index contributed by atoms with van der Waals surface area (Å²) in [5.41, 5.74) is 9.52. The van der Waals surface area contributed by atoms with Gasteiger partial charge in [-0.05, 0) is 54.8 Å². The predicted octanol–water partition coefficient (Wildman–Crippen LogP) is 3.13. The van der Waals surface area contributed by atoms with Crippen molar-refractivity contribution in [3.63, 3.8) is 0 Å². The Kier molecular flexibility index (Phi) is 4.82. The van der Waals surface area contributed by atoms with Crippen LogP contribution in [0.5, 0.6) is 0 Å². The van der Waals surface area contributed by atoms with E-state index in [9.17, 15) is 9.59 Å². The molecule has 7 heteroatoms. The van der Waals surface area contributed by atoms with Gasteiger partial charge in [-0.3, -0.25) is 14.8 Å². The molecule has 0 bridgehead atoms. The highest BCUT2D eigenvalue weighted by molar-refractivity contribution is 6.04. The number of hydrogen-bond donors (Lipinski definition) is 2. The van der Waals surface area contributed by atoms with Crippen molar-refractivity contribution in [1.29, 1.82) is 0 Å². The lowest BCUT2D eigenvalue weighted by molar-refractivity contribution is 0.0600. The van der Waals surface area contributed by atoms with Crippen LogP contribution in [0.1, 0.15) is 39.1 Å². The van der Waals surface area contributed by atoms with Crippen LogP contribution in [0.25, 0.3) is 11.4 Å². The maximum absolute atomic E-state index is 12.7. The molecule has 29 heavy (non-hydrogen) atoms. The van der Waals surface area contributed by atoms with Crippen molar-refractivity contribution in [2.75, 3.05) is 12.4 Å². The normalized spacial score (nSPS) is 14.1. The van der Waals surface area contributed by atoms with Gasteiger partial charge in [0.15, 0.2) is 0 Å². The summed E-state index contributed by atoms with van der Waals surface area (Å²) in [7, 11) is 1.32. The van der Waals surface area contributed by atoms with Gasteiger partial charge in [-0.2, -0.15) is 0 Å². The Morgan fingerprint density at radius 1 is 0.966 bits per heavy atom. The van der Waals surface area contributed by atoms with Gasteiger partial charge in [-0.25, -0.2) is 4.79 Å². The number of ether oxygens (including phenoxy) is 1. The van der Waals surface area contributed by atoms with Crippen LogP contribution in [0, 0.1) is 0 Å². The maximum Gasteiger partial charge on any atom is 0.337 e. The summed E-state index contributed by atoms with van der Waals surface area (Å²) in [6.45, 7) is 0. The molecule has 0 unspecified atom stereocenters. The second kappa shape index (κ2) is 7.44. The largest absolute Gasteiger partial charge is 0.465 e. The lowest BCUT2D eigenvalue weighted by Crippen LogP contribution is -2.18. The molecule has 0 saturated heterocycles. The van der Waals surface area contributed by atoms with E-state index in [0.717, 1.165) is 18.4 Å². The Morgan fingerprint density at radius 2 is 1.55 bits per heavy atom. The number of carbonyl (C=O) groups is 2. The maximum atomic E-state index is 12.7. The zero-order chi connectivity index (χ0) is 20.4. The fourth-order valence-corrected chi connectivity index (χ4v) is 3.04. The zero-order valence-corrected chi connectivity index (χ0v) is 15.9. The van der Waals surface area contributed by atoms with E-state index in [1.54, 1.807) is 24.3 Å². The van der Waals surface area contributed by atoms with Crippen LogP contribution in [0.3, 0.4) is 0 Å². The summed E-state index contributed by atoms with van der Waals surface area (Å²) < 4.78 is 4.73. The molecule has 0 radical (unpaired) electrons. The van der Waals surface area contributed by atoms with Crippen LogP contribution < -0.4 is 11.1 Å². The van der Waals surface area contributed by atoms with Gasteiger partial charge in [0.25, 0.3) is 5.91 Å². The molecule has 1 aliphatic rings. The van der Waals surface area contributed by atoms with Gasteiger partial charge in [0, 0.05) is 29.2 Å². The monoisotopic (exact) mass is 388 g/mol. The number of carbonyl (C=O) groups excluding carboxylic acids is 2. The first-order chi connectivity index (χ1) is 14.0. The summed E-state index contributed by atoms with van der Waals surface area (Å²) in [6.07, 6.45) is 5.01. The van der Waals surface area contributed by atoms with Crippen molar-refractivity contribution in [3.8, 4) is 11.4 Å². The molecule has 2 heterocycles. The van der Waals surface area contributed by atoms with Crippen molar-refractivity contribution in [1.82, 2.24) is 9.97 Å². The van der Waals surface area contributed by atoms with E-state index in [4.69, 9.17) is 10.5 Å². The first-order valence-corrected chi connectivity index (χ1v) is 9.20. The highest BCUT2D eigenvalue weighted by Crippen LogP contribution is 2.42. The summed E-state index contributed by atoms with van der Waals surface area (Å²) in [4.78, 5) is 32.9. The summed E-state index contributed by atoms with van der Waals surface area (Å²) in [5.74, 6) is -0.726. The van der Waals surface area contributed by atoms with Crippen LogP contribution in [-0.4, -0.2) is 29.0 Å². The fraction of sp³-hybridized carbons (Fsp3) is 0.182. The number of hydrogen-bond acceptors (Lipinski definition) is 6. The Bertz CT molecular complexity index is 1080. The molecule has 3 aromatic rings. The number of nitrogens with two attached hydrogens (primary N) is 1. The van der Waals surface area contributed by atoms with Gasteiger partial charge in [0.2, 0.25) is 0 Å². The number of aromatic nitrogens is 2. The van der Waals surface area contributed by atoms with E-state index in [1.807, 2.05) is 24.3 Å². The third kappa shape index (κ3) is 4.00. The number of nitrogens with zero attached hydrogens (tertiary/aromatic N) is 2. The standard InChI is InChI=1S/C22H20N4O3/c1-29-21(28)15-7-11-25-19(13-15)18-12-14(6-10-24-18)20(27)26-17-4-2-16(3-5-17)22(23)8-9-22/h2-7,10-13H,8-9,23H2,1H3,(H,26,27). The Morgan fingerprint density at radius 3 is 2.14 bits per heavy atom. The number of nitrogens with one attached hydrogen (secondary N) is 1. The Hall–Kier alpha value is -3.58. The van der Waals surface area contributed by atoms with E-state index in [1.165, 1.54) is 19.5 Å². The number of pyridine rings is 2. The first-order valence-electron chi connectivity index (χ1n) is 9.20. The molecular weight excluding hydrogens is 368 g/mol. The molecular formula is C22H20N4O3. The van der Waals surface area contributed by atoms with Crippen LogP contribution >= 0.6 is 0 Å². The topological polar surface area (TPSA) is 107 Å². The molecule has 3 N–H and O–H groups in total. The highest BCUT2D eigenvalue weighted by atomic mass is 16.5. The van der Waals surface area contributed by atoms with Gasteiger partial charge < -0.3 is 15.8 Å². The molecule has 7 nitrogen and oxygen atoms in total. The molecule has 146 valence electrons. The number of rotatable bonds is 5. The van der Waals surface area contributed by atoms with Crippen LogP contribution in [0.2, 0.25) is 0 Å². The molecule has 1 aromatic carbocycles. The minimum absolute atomic E-state index is 0.200. The third-order valence-corrected chi connectivity index (χ3v) is 4.97. The van der Waals surface area contributed by atoms with Crippen molar-refractivity contribution < 1.29 is 14.3 Å². The molecule has 2 aromatic heterocycles. The predicted molar refractivity (Wildman–Crippen MR) is 108 cm³/mol. The first kappa shape index (κ1) is 18.8. The van der Waals surface area contributed by atoms with Crippen molar-refractivity contribution in [2.45, 2.75) is 18.4 Å². The van der Waals surface area contributed by atoms with E-state index in [0.29, 0.717) is 28.2 Å². The van der Waals surface area contributed by atoms with Crippen molar-refractivity contribution >= 4 is 17.6 Å². The number of methoxy groups -OCH3 is 1. The lowest BCUT2D eigenvalue weighted by Gasteiger charge is -2.11. The van der Waals surface area contributed by atoms with Crippen molar-refractivity contribution in [3.05, 3.63) is 77.6 Å². The molecule has 4 rings (SSSR count). The molecule has 1 saturated carbocycles. The van der Waals surface area contributed by atoms with Crippen LogP contribution in [0.4, 0.5) is 5.69 Å². The van der Waals surface area contributed by atoms with Crippen LogP contribution in [-0.2, 0) is 10.3 Å². The lowest BCUT2D eigenvalue weighted by atomic mass is 10.1. The second-order valence-electron chi connectivity index (χ2n) is 7.04. The molecule has 1 fully saturated rings. The number of amides is 1. The second-order valence-corrected chi connectivity index (χ2v) is 7.04. The summed E-state index contributed by atoms with van der Waals surface area (Å²) in [5, 5.41) is 2.87. The molecule has 1 aliphatic carbocycles. The van der Waals surface area contributed by atoms with Gasteiger partial charge in [0.1, 0.15) is 0 Å². The Balaban J connectivity index is 1.52. The molecule has 0 aliphatic heterocycles. The van der Waals surface area contributed by atoms with Gasteiger partial charge in [0.05, 0.1) is 24.1 Å². The smallest absolute Gasteiger partial charge is 0.337 e. The summed E-state index contributed by atoms with van der Waals surface area (Å²) in [6, 6.07) is 14.0. The van der Waals surface area contributed by atoms with E-state index < -0.39 is 5.97 Å². The number of esters is 1. The van der Waals surface area contributed by atoms with Gasteiger partial charge in [-0.15, -0.1) is 0 Å². The summed E-state index contributed by atoms with van der Waals surface area (Å²) >= 11 is 0. The Labute approximate surface area is 167 Å². The minimum atomic E-state index is -0.462. The number of benzene rings is 1. The quantitative estimate of drug-likeness (QED) is 0.650. The SMILES string of the molecule is COC(=O)c1ccnc(-c2cc(C(=O)Nc3ccc(C4(N)CC4)cc3)ccn2)c1. The molecule has 0 spiro atoms. The zero-order valence-electron chi connectivity index (χ0n) is 15.9. The third-order valence-electron chi connectivity index (χ3n) is 4.97. The average molecular weight is 388 g/mol. The van der Waals surface area contributed by atoms with E-state index in [2.05, 4.69) is 15.3 Å². The number of anilines is 1.